The Morgan fingerprint density at radius 2 is 1.69 bits per heavy atom. The van der Waals surface area contributed by atoms with E-state index >= 15 is 0 Å². The highest BCUT2D eigenvalue weighted by Crippen LogP contribution is 2.70. The van der Waals surface area contributed by atoms with E-state index in [-0.39, 0.29) is 17.0 Å². The fourth-order valence-corrected chi connectivity index (χ4v) is 5.76. The molecule has 7 heteroatoms. The first-order valence-corrected chi connectivity index (χ1v) is 10.9. The number of nitrogens with zero attached hydrogens (tertiary/aromatic N) is 3. The van der Waals surface area contributed by atoms with Crippen molar-refractivity contribution in [2.75, 3.05) is 5.32 Å². The molecule has 1 saturated carbocycles. The zero-order chi connectivity index (χ0) is 23.1. The molecule has 32 heavy (non-hydrogen) atoms. The molecule has 0 aliphatic heterocycles. The third-order valence-electron chi connectivity index (χ3n) is 8.38. The lowest BCUT2D eigenvalue weighted by Crippen LogP contribution is -2.48. The predicted octanol–water partition coefficient (Wildman–Crippen LogP) is 5.12. The molecule has 1 fully saturated rings. The average molecular weight is 431 g/mol. The molecule has 7 nitrogen and oxygen atoms in total. The number of nitrogens with one attached hydrogen (secondary N) is 1. The van der Waals surface area contributed by atoms with Crippen molar-refractivity contribution in [1.29, 1.82) is 0 Å². The van der Waals surface area contributed by atoms with Crippen LogP contribution in [-0.2, 0) is 15.6 Å². The summed E-state index contributed by atoms with van der Waals surface area (Å²) in [7, 11) is 0. The zero-order valence-electron chi connectivity index (χ0n) is 18.9. The van der Waals surface area contributed by atoms with Gasteiger partial charge in [-0.05, 0) is 61.4 Å². The topological polar surface area (TPSA) is 98.0 Å². The number of fused-ring (bicyclic) bond motifs is 6. The number of non-ortho nitro benzene ring substituents is 1. The molecule has 2 atom stereocenters. The maximum Gasteiger partial charge on any atom is 0.271 e. The van der Waals surface area contributed by atoms with E-state index in [1.165, 1.54) is 17.7 Å². The summed E-state index contributed by atoms with van der Waals surface area (Å²) in [5.41, 5.74) is 3.97. The van der Waals surface area contributed by atoms with Gasteiger partial charge in [-0.15, -0.1) is 0 Å². The van der Waals surface area contributed by atoms with Gasteiger partial charge in [0, 0.05) is 23.2 Å². The minimum Gasteiger partial charge on any atom is -0.325 e. The number of nitro benzene ring substituents is 1. The monoisotopic (exact) mass is 430 g/mol. The van der Waals surface area contributed by atoms with E-state index in [4.69, 9.17) is 9.97 Å². The SMILES string of the molecule is Cc1ccc(NC(=O)C23CCC(C)(c4nc5ccc([N+](=O)[O-])cc5nc42)C3(C)C)cc1C. The summed E-state index contributed by atoms with van der Waals surface area (Å²) in [4.78, 5) is 34.5. The second-order valence-electron chi connectivity index (χ2n) is 9.97. The molecule has 1 N–H and O–H groups in total. The van der Waals surface area contributed by atoms with Gasteiger partial charge in [0.05, 0.1) is 32.8 Å². The number of amides is 1. The number of rotatable bonds is 3. The molecule has 2 bridgehead atoms. The van der Waals surface area contributed by atoms with Crippen LogP contribution in [0.15, 0.2) is 36.4 Å². The number of aromatic nitrogens is 2. The molecule has 2 aromatic carbocycles. The van der Waals surface area contributed by atoms with E-state index in [1.54, 1.807) is 6.07 Å². The number of anilines is 1. The molecule has 0 radical (unpaired) electrons. The van der Waals surface area contributed by atoms with Crippen LogP contribution in [0.25, 0.3) is 11.0 Å². The van der Waals surface area contributed by atoms with Crippen molar-refractivity contribution in [3.05, 3.63) is 69.0 Å². The summed E-state index contributed by atoms with van der Waals surface area (Å²) in [6.45, 7) is 10.5. The molecule has 1 heterocycles. The second-order valence-corrected chi connectivity index (χ2v) is 9.97. The van der Waals surface area contributed by atoms with Gasteiger partial charge in [0.2, 0.25) is 5.91 Å². The number of hydrogen-bond donors (Lipinski definition) is 1. The summed E-state index contributed by atoms with van der Waals surface area (Å²) in [5, 5.41) is 14.4. The standard InChI is InChI=1S/C25H26N4O3/c1-14-6-7-16(12-15(14)2)26-22(30)25-11-10-24(5,23(25,3)4)20-21(25)28-19-13-17(29(31)32)8-9-18(19)27-20/h6-9,12-13H,10-11H2,1-5H3,(H,26,30). The van der Waals surface area contributed by atoms with Crippen LogP contribution in [0.4, 0.5) is 11.4 Å². The van der Waals surface area contributed by atoms with Crippen LogP contribution in [0, 0.1) is 29.4 Å². The normalized spacial score (nSPS) is 25.0. The maximum atomic E-state index is 13.9. The number of hydrogen-bond acceptors (Lipinski definition) is 5. The highest BCUT2D eigenvalue weighted by Gasteiger charge is 2.73. The van der Waals surface area contributed by atoms with Gasteiger partial charge >= 0.3 is 0 Å². The van der Waals surface area contributed by atoms with Crippen molar-refractivity contribution in [3.8, 4) is 0 Å². The number of aryl methyl sites for hydroxylation is 2. The number of benzene rings is 2. The molecule has 0 saturated heterocycles. The Kier molecular flexibility index (Phi) is 4.07. The van der Waals surface area contributed by atoms with E-state index < -0.39 is 15.8 Å². The van der Waals surface area contributed by atoms with Crippen molar-refractivity contribution in [2.45, 2.75) is 58.3 Å². The molecule has 1 aromatic heterocycles. The zero-order valence-corrected chi connectivity index (χ0v) is 18.9. The largest absolute Gasteiger partial charge is 0.325 e. The van der Waals surface area contributed by atoms with Crippen LogP contribution in [-0.4, -0.2) is 20.8 Å². The van der Waals surface area contributed by atoms with Crippen molar-refractivity contribution in [3.63, 3.8) is 0 Å². The van der Waals surface area contributed by atoms with E-state index in [1.807, 2.05) is 32.0 Å². The third-order valence-corrected chi connectivity index (χ3v) is 8.38. The average Bonchev–Trinajstić information content (AvgIpc) is 3.04. The molecule has 5 rings (SSSR count). The fourth-order valence-electron chi connectivity index (χ4n) is 5.76. The summed E-state index contributed by atoms with van der Waals surface area (Å²) in [5.74, 6) is -0.0905. The van der Waals surface area contributed by atoms with Gasteiger partial charge in [-0.3, -0.25) is 14.9 Å². The van der Waals surface area contributed by atoms with Gasteiger partial charge in [-0.2, -0.15) is 0 Å². The third kappa shape index (κ3) is 2.39. The van der Waals surface area contributed by atoms with E-state index in [9.17, 15) is 14.9 Å². The first kappa shape index (κ1) is 20.5. The van der Waals surface area contributed by atoms with Crippen molar-refractivity contribution < 1.29 is 9.72 Å². The van der Waals surface area contributed by atoms with Crippen molar-refractivity contribution >= 4 is 28.3 Å². The fraction of sp³-hybridized carbons (Fsp3) is 0.400. The smallest absolute Gasteiger partial charge is 0.271 e. The number of nitro groups is 1. The van der Waals surface area contributed by atoms with Crippen LogP contribution in [0.1, 0.15) is 56.1 Å². The van der Waals surface area contributed by atoms with E-state index in [0.717, 1.165) is 23.4 Å². The van der Waals surface area contributed by atoms with Crippen LogP contribution < -0.4 is 5.32 Å². The Bertz CT molecular complexity index is 1330. The molecular weight excluding hydrogens is 404 g/mol. The lowest BCUT2D eigenvalue weighted by molar-refractivity contribution is -0.384. The van der Waals surface area contributed by atoms with Gasteiger partial charge in [-0.1, -0.05) is 26.8 Å². The van der Waals surface area contributed by atoms with Crippen LogP contribution in [0.5, 0.6) is 0 Å². The van der Waals surface area contributed by atoms with Crippen LogP contribution in [0.2, 0.25) is 0 Å². The molecular formula is C25H26N4O3. The molecule has 2 aliphatic carbocycles. The molecule has 1 amide bonds. The Hall–Kier alpha value is -3.35. The lowest BCUT2D eigenvalue weighted by Gasteiger charge is -2.39. The number of carbonyl (C=O) groups is 1. The molecule has 2 aliphatic rings. The Morgan fingerprint density at radius 1 is 0.969 bits per heavy atom. The molecule has 164 valence electrons. The molecule has 3 aromatic rings. The van der Waals surface area contributed by atoms with Crippen LogP contribution in [0.3, 0.4) is 0 Å². The van der Waals surface area contributed by atoms with E-state index in [2.05, 4.69) is 26.1 Å². The maximum absolute atomic E-state index is 13.9. The van der Waals surface area contributed by atoms with Crippen molar-refractivity contribution in [2.24, 2.45) is 5.41 Å². The Morgan fingerprint density at radius 3 is 2.38 bits per heavy atom. The highest BCUT2D eigenvalue weighted by molar-refractivity contribution is 6.02. The quantitative estimate of drug-likeness (QED) is 0.459. The summed E-state index contributed by atoms with van der Waals surface area (Å²) < 4.78 is 0. The molecule has 2 unspecified atom stereocenters. The summed E-state index contributed by atoms with van der Waals surface area (Å²) >= 11 is 0. The lowest BCUT2D eigenvalue weighted by atomic mass is 9.63. The second kappa shape index (κ2) is 6.34. The Balaban J connectivity index is 1.69. The predicted molar refractivity (Wildman–Crippen MR) is 123 cm³/mol. The first-order chi connectivity index (χ1) is 15.0. The van der Waals surface area contributed by atoms with Crippen molar-refractivity contribution in [1.82, 2.24) is 9.97 Å². The summed E-state index contributed by atoms with van der Waals surface area (Å²) in [6.07, 6.45) is 1.50. The first-order valence-electron chi connectivity index (χ1n) is 10.9. The van der Waals surface area contributed by atoms with Crippen LogP contribution >= 0.6 is 0 Å². The minimum atomic E-state index is -0.859. The summed E-state index contributed by atoms with van der Waals surface area (Å²) in [6, 6.07) is 10.4. The van der Waals surface area contributed by atoms with Gasteiger partial charge in [0.15, 0.2) is 0 Å². The van der Waals surface area contributed by atoms with Gasteiger partial charge in [0.25, 0.3) is 5.69 Å². The van der Waals surface area contributed by atoms with E-state index in [0.29, 0.717) is 23.1 Å². The minimum absolute atomic E-state index is 0.0333. The highest BCUT2D eigenvalue weighted by atomic mass is 16.6. The van der Waals surface area contributed by atoms with Gasteiger partial charge in [-0.25, -0.2) is 9.97 Å². The molecule has 0 spiro atoms. The van der Waals surface area contributed by atoms with Gasteiger partial charge in [0.1, 0.15) is 0 Å². The van der Waals surface area contributed by atoms with Gasteiger partial charge < -0.3 is 5.32 Å². The number of carbonyl (C=O) groups excluding carboxylic acids is 1. The Labute approximate surface area is 186 Å².